The maximum Gasteiger partial charge on any atom is 0.119 e. The van der Waals surface area contributed by atoms with Gasteiger partial charge in [-0.15, -0.1) is 0 Å². The van der Waals surface area contributed by atoms with Gasteiger partial charge < -0.3 is 24.4 Å². The minimum atomic E-state index is 0.107. The summed E-state index contributed by atoms with van der Waals surface area (Å²) < 4.78 is 16.7. The SMILES string of the molecule is OCCOCC1CCC(COCCOc2ccc(O)cc2)CC1. The van der Waals surface area contributed by atoms with Crippen molar-refractivity contribution >= 4 is 0 Å². The fourth-order valence-electron chi connectivity index (χ4n) is 2.89. The summed E-state index contributed by atoms with van der Waals surface area (Å²) >= 11 is 0. The number of rotatable bonds is 10. The van der Waals surface area contributed by atoms with Gasteiger partial charge in [0.25, 0.3) is 0 Å². The third-order valence-electron chi connectivity index (χ3n) is 4.24. The lowest BCUT2D eigenvalue weighted by molar-refractivity contribution is 0.0322. The van der Waals surface area contributed by atoms with Gasteiger partial charge in [0.05, 0.1) is 19.8 Å². The van der Waals surface area contributed by atoms with Gasteiger partial charge in [-0.25, -0.2) is 0 Å². The van der Waals surface area contributed by atoms with Crippen LogP contribution < -0.4 is 4.74 Å². The molecular weight excluding hydrogens is 296 g/mol. The monoisotopic (exact) mass is 324 g/mol. The van der Waals surface area contributed by atoms with Gasteiger partial charge in [0.2, 0.25) is 0 Å². The molecule has 1 aromatic rings. The van der Waals surface area contributed by atoms with E-state index in [1.165, 1.54) is 25.7 Å². The molecule has 5 heteroatoms. The fourth-order valence-corrected chi connectivity index (χ4v) is 2.89. The normalized spacial score (nSPS) is 21.3. The lowest BCUT2D eigenvalue weighted by Crippen LogP contribution is -2.23. The van der Waals surface area contributed by atoms with Crippen molar-refractivity contribution in [2.45, 2.75) is 25.7 Å². The number of phenolic OH excluding ortho intramolecular Hbond substituents is 1. The molecule has 23 heavy (non-hydrogen) atoms. The van der Waals surface area contributed by atoms with E-state index in [1.807, 2.05) is 0 Å². The first-order chi connectivity index (χ1) is 11.3. The quantitative estimate of drug-likeness (QED) is 0.648. The molecule has 0 spiro atoms. The van der Waals surface area contributed by atoms with Crippen LogP contribution in [0.25, 0.3) is 0 Å². The summed E-state index contributed by atoms with van der Waals surface area (Å²) in [5.41, 5.74) is 0. The predicted octanol–water partition coefficient (Wildman–Crippen LogP) is 2.60. The largest absolute Gasteiger partial charge is 0.508 e. The van der Waals surface area contributed by atoms with Crippen LogP contribution in [0.2, 0.25) is 0 Å². The van der Waals surface area contributed by atoms with Gasteiger partial charge in [0.1, 0.15) is 18.1 Å². The van der Waals surface area contributed by atoms with Gasteiger partial charge in [-0.3, -0.25) is 0 Å². The summed E-state index contributed by atoms with van der Waals surface area (Å²) in [5.74, 6) is 2.26. The topological polar surface area (TPSA) is 68.2 Å². The van der Waals surface area contributed by atoms with Crippen LogP contribution in [0, 0.1) is 11.8 Å². The van der Waals surface area contributed by atoms with E-state index in [0.717, 1.165) is 19.0 Å². The molecule has 0 saturated heterocycles. The average molecular weight is 324 g/mol. The zero-order valence-corrected chi connectivity index (χ0v) is 13.7. The molecule has 130 valence electrons. The van der Waals surface area contributed by atoms with E-state index in [2.05, 4.69) is 0 Å². The Hall–Kier alpha value is -1.30. The molecule has 0 aromatic heterocycles. The summed E-state index contributed by atoms with van der Waals surface area (Å²) in [6, 6.07) is 6.71. The molecule has 1 aliphatic rings. The highest BCUT2D eigenvalue weighted by molar-refractivity contribution is 5.29. The summed E-state index contributed by atoms with van der Waals surface area (Å²) in [6.07, 6.45) is 4.74. The Labute approximate surface area is 138 Å². The summed E-state index contributed by atoms with van der Waals surface area (Å²) in [5, 5.41) is 17.9. The van der Waals surface area contributed by atoms with E-state index in [0.29, 0.717) is 31.7 Å². The van der Waals surface area contributed by atoms with Crippen LogP contribution in [-0.2, 0) is 9.47 Å². The van der Waals surface area contributed by atoms with Crippen molar-refractivity contribution in [3.05, 3.63) is 24.3 Å². The Kier molecular flexibility index (Phi) is 8.21. The first-order valence-electron chi connectivity index (χ1n) is 8.46. The van der Waals surface area contributed by atoms with E-state index in [1.54, 1.807) is 24.3 Å². The van der Waals surface area contributed by atoms with Crippen molar-refractivity contribution < 1.29 is 24.4 Å². The van der Waals surface area contributed by atoms with Gasteiger partial charge in [-0.1, -0.05) is 0 Å². The molecule has 2 rings (SSSR count). The second-order valence-corrected chi connectivity index (χ2v) is 6.10. The van der Waals surface area contributed by atoms with E-state index in [-0.39, 0.29) is 12.4 Å². The Morgan fingerprint density at radius 2 is 1.39 bits per heavy atom. The first-order valence-corrected chi connectivity index (χ1v) is 8.46. The van der Waals surface area contributed by atoms with Gasteiger partial charge in [0.15, 0.2) is 0 Å². The van der Waals surface area contributed by atoms with E-state index in [9.17, 15) is 5.11 Å². The highest BCUT2D eigenvalue weighted by Crippen LogP contribution is 2.29. The zero-order chi connectivity index (χ0) is 16.3. The molecule has 0 radical (unpaired) electrons. The van der Waals surface area contributed by atoms with Crippen molar-refractivity contribution in [3.63, 3.8) is 0 Å². The number of aromatic hydroxyl groups is 1. The second-order valence-electron chi connectivity index (χ2n) is 6.10. The Morgan fingerprint density at radius 3 is 1.96 bits per heavy atom. The molecule has 0 unspecified atom stereocenters. The van der Waals surface area contributed by atoms with Gasteiger partial charge >= 0.3 is 0 Å². The van der Waals surface area contributed by atoms with Crippen molar-refractivity contribution in [2.24, 2.45) is 11.8 Å². The van der Waals surface area contributed by atoms with Crippen LogP contribution in [0.1, 0.15) is 25.7 Å². The number of phenols is 1. The Balaban J connectivity index is 1.48. The molecule has 0 aliphatic heterocycles. The number of aliphatic hydroxyl groups excluding tert-OH is 1. The average Bonchev–Trinajstić information content (AvgIpc) is 2.58. The van der Waals surface area contributed by atoms with Gasteiger partial charge in [-0.05, 0) is 61.8 Å². The lowest BCUT2D eigenvalue weighted by Gasteiger charge is -2.28. The van der Waals surface area contributed by atoms with E-state index < -0.39 is 0 Å². The summed E-state index contributed by atoms with van der Waals surface area (Å²) in [6.45, 7) is 3.23. The molecule has 5 nitrogen and oxygen atoms in total. The summed E-state index contributed by atoms with van der Waals surface area (Å²) in [7, 11) is 0. The van der Waals surface area contributed by atoms with Crippen molar-refractivity contribution in [1.82, 2.24) is 0 Å². The number of ether oxygens (including phenoxy) is 3. The second kappa shape index (κ2) is 10.5. The zero-order valence-electron chi connectivity index (χ0n) is 13.7. The third kappa shape index (κ3) is 7.20. The van der Waals surface area contributed by atoms with Crippen LogP contribution in [0.4, 0.5) is 0 Å². The van der Waals surface area contributed by atoms with Gasteiger partial charge in [0, 0.05) is 13.2 Å². The molecule has 2 N–H and O–H groups in total. The Bertz CT molecular complexity index is 412. The maximum atomic E-state index is 9.19. The number of hydrogen-bond acceptors (Lipinski definition) is 5. The van der Waals surface area contributed by atoms with Gasteiger partial charge in [-0.2, -0.15) is 0 Å². The third-order valence-corrected chi connectivity index (χ3v) is 4.24. The van der Waals surface area contributed by atoms with E-state index >= 15 is 0 Å². The minimum Gasteiger partial charge on any atom is -0.508 e. The molecule has 0 atom stereocenters. The van der Waals surface area contributed by atoms with Crippen LogP contribution in [0.3, 0.4) is 0 Å². The number of benzene rings is 1. The van der Waals surface area contributed by atoms with Crippen LogP contribution in [0.15, 0.2) is 24.3 Å². The van der Waals surface area contributed by atoms with Crippen molar-refractivity contribution in [3.8, 4) is 11.5 Å². The molecule has 0 bridgehead atoms. The molecular formula is C18H28O5. The Morgan fingerprint density at radius 1 is 0.826 bits per heavy atom. The lowest BCUT2D eigenvalue weighted by atomic mass is 9.83. The summed E-state index contributed by atoms with van der Waals surface area (Å²) in [4.78, 5) is 0. The van der Waals surface area contributed by atoms with Crippen LogP contribution in [0.5, 0.6) is 11.5 Å². The maximum absolute atomic E-state index is 9.19. The standard InChI is InChI=1S/C18H28O5/c19-9-10-21-13-15-1-3-16(4-2-15)14-22-11-12-23-18-7-5-17(20)6-8-18/h5-8,15-16,19-20H,1-4,9-14H2. The predicted molar refractivity (Wildman–Crippen MR) is 87.8 cm³/mol. The highest BCUT2D eigenvalue weighted by Gasteiger charge is 2.21. The van der Waals surface area contributed by atoms with Crippen LogP contribution >= 0.6 is 0 Å². The number of hydrogen-bond donors (Lipinski definition) is 2. The van der Waals surface area contributed by atoms with E-state index in [4.69, 9.17) is 19.3 Å². The molecule has 0 heterocycles. The molecule has 1 aliphatic carbocycles. The molecule has 1 fully saturated rings. The van der Waals surface area contributed by atoms with Crippen molar-refractivity contribution in [1.29, 1.82) is 0 Å². The first kappa shape index (κ1) is 18.0. The molecule has 0 amide bonds. The molecule has 1 aromatic carbocycles. The van der Waals surface area contributed by atoms with Crippen LogP contribution in [-0.4, -0.2) is 49.9 Å². The van der Waals surface area contributed by atoms with Crippen molar-refractivity contribution in [2.75, 3.05) is 39.6 Å². The minimum absolute atomic E-state index is 0.107. The molecule has 1 saturated carbocycles. The smallest absolute Gasteiger partial charge is 0.119 e. The fraction of sp³-hybridized carbons (Fsp3) is 0.667. The number of aliphatic hydroxyl groups is 1. The highest BCUT2D eigenvalue weighted by atomic mass is 16.5.